The van der Waals surface area contributed by atoms with E-state index in [4.69, 9.17) is 23.2 Å². The second-order valence-electron chi connectivity index (χ2n) is 5.80. The summed E-state index contributed by atoms with van der Waals surface area (Å²) < 4.78 is 0.515. The first-order chi connectivity index (χ1) is 13.0. The van der Waals surface area contributed by atoms with Gasteiger partial charge in [-0.3, -0.25) is 4.79 Å². The molecule has 0 spiro atoms. The molecule has 0 bridgehead atoms. The second-order valence-corrected chi connectivity index (χ2v) is 7.93. The van der Waals surface area contributed by atoms with Crippen molar-refractivity contribution in [3.63, 3.8) is 0 Å². The van der Waals surface area contributed by atoms with E-state index in [0.717, 1.165) is 27.4 Å². The molecule has 0 aliphatic heterocycles. The van der Waals surface area contributed by atoms with Gasteiger partial charge in [0.15, 0.2) is 4.47 Å². The molecule has 27 heavy (non-hydrogen) atoms. The lowest BCUT2D eigenvalue weighted by Gasteiger charge is -2.12. The fraction of sp³-hybridized carbons (Fsp3) is 0.100. The summed E-state index contributed by atoms with van der Waals surface area (Å²) >= 11 is 13.3. The minimum Gasteiger partial charge on any atom is -0.380 e. The minimum absolute atomic E-state index is 0.111. The molecular weight excluding hydrogens is 401 g/mol. The molecule has 1 aromatic heterocycles. The lowest BCUT2D eigenvalue weighted by Crippen LogP contribution is -2.07. The normalized spacial score (nSPS) is 10.9. The van der Waals surface area contributed by atoms with Gasteiger partial charge < -0.3 is 10.6 Å². The van der Waals surface area contributed by atoms with Gasteiger partial charge in [0, 0.05) is 34.4 Å². The molecule has 1 amide bonds. The van der Waals surface area contributed by atoms with Crippen LogP contribution in [0.5, 0.6) is 0 Å². The number of halogens is 2. The Bertz CT molecular complexity index is 968. The van der Waals surface area contributed by atoms with E-state index >= 15 is 0 Å². The van der Waals surface area contributed by atoms with Gasteiger partial charge in [0.1, 0.15) is 0 Å². The van der Waals surface area contributed by atoms with Crippen molar-refractivity contribution in [3.05, 3.63) is 74.2 Å². The second kappa shape index (κ2) is 9.04. The largest absolute Gasteiger partial charge is 0.380 e. The van der Waals surface area contributed by atoms with Crippen molar-refractivity contribution < 1.29 is 4.79 Å². The van der Waals surface area contributed by atoms with Crippen molar-refractivity contribution in [2.45, 2.75) is 13.5 Å². The van der Waals surface area contributed by atoms with E-state index in [1.165, 1.54) is 18.3 Å². The Kier molecular flexibility index (Phi) is 6.50. The lowest BCUT2D eigenvalue weighted by molar-refractivity contribution is -0.114. The smallest absolute Gasteiger partial charge is 0.221 e. The summed E-state index contributed by atoms with van der Waals surface area (Å²) in [6, 6.07) is 13.4. The number of thiazole rings is 1. The molecule has 138 valence electrons. The van der Waals surface area contributed by atoms with E-state index in [1.807, 2.05) is 54.6 Å². The SMILES string of the molecule is CC(=O)Nc1ccc(C=Cc2ccc(Cl)cc2)c(NCc2cnc(Cl)s2)c1. The van der Waals surface area contributed by atoms with E-state index < -0.39 is 0 Å². The number of hydrogen-bond acceptors (Lipinski definition) is 4. The first kappa shape index (κ1) is 19.4. The molecule has 0 atom stereocenters. The number of nitrogens with zero attached hydrogens (tertiary/aromatic N) is 1. The highest BCUT2D eigenvalue weighted by molar-refractivity contribution is 7.15. The van der Waals surface area contributed by atoms with E-state index in [9.17, 15) is 4.79 Å². The molecule has 1 heterocycles. The summed E-state index contributed by atoms with van der Waals surface area (Å²) in [5, 5.41) is 6.90. The maximum Gasteiger partial charge on any atom is 0.221 e. The van der Waals surface area contributed by atoms with Crippen LogP contribution >= 0.6 is 34.5 Å². The van der Waals surface area contributed by atoms with E-state index in [1.54, 1.807) is 6.20 Å². The zero-order valence-corrected chi connectivity index (χ0v) is 16.8. The van der Waals surface area contributed by atoms with Gasteiger partial charge in [-0.1, -0.05) is 53.6 Å². The Morgan fingerprint density at radius 1 is 1.15 bits per heavy atom. The van der Waals surface area contributed by atoms with Crippen LogP contribution in [0.3, 0.4) is 0 Å². The van der Waals surface area contributed by atoms with Crippen LogP contribution in [0.2, 0.25) is 9.49 Å². The van der Waals surface area contributed by atoms with Gasteiger partial charge >= 0.3 is 0 Å². The fourth-order valence-corrected chi connectivity index (χ4v) is 3.49. The Labute approximate surface area is 171 Å². The highest BCUT2D eigenvalue weighted by atomic mass is 35.5. The number of amides is 1. The van der Waals surface area contributed by atoms with Crippen LogP contribution < -0.4 is 10.6 Å². The zero-order chi connectivity index (χ0) is 19.2. The highest BCUT2D eigenvalue weighted by Gasteiger charge is 2.05. The monoisotopic (exact) mass is 417 g/mol. The molecule has 7 heteroatoms. The molecule has 3 aromatic rings. The van der Waals surface area contributed by atoms with Crippen LogP contribution in [0.25, 0.3) is 12.2 Å². The third kappa shape index (κ3) is 5.82. The third-order valence-electron chi connectivity index (χ3n) is 3.68. The Morgan fingerprint density at radius 2 is 1.93 bits per heavy atom. The number of benzene rings is 2. The van der Waals surface area contributed by atoms with Gasteiger partial charge in [-0.25, -0.2) is 4.98 Å². The molecule has 0 radical (unpaired) electrons. The summed E-state index contributed by atoms with van der Waals surface area (Å²) in [5.41, 5.74) is 3.67. The van der Waals surface area contributed by atoms with Crippen molar-refractivity contribution in [2.24, 2.45) is 0 Å². The predicted octanol–water partition coefficient (Wildman–Crippen LogP) is 6.19. The van der Waals surface area contributed by atoms with Crippen molar-refractivity contribution in [1.82, 2.24) is 4.98 Å². The average Bonchev–Trinajstić information content (AvgIpc) is 3.05. The van der Waals surface area contributed by atoms with E-state index in [2.05, 4.69) is 15.6 Å². The van der Waals surface area contributed by atoms with Gasteiger partial charge in [0.25, 0.3) is 0 Å². The maximum absolute atomic E-state index is 11.4. The predicted molar refractivity (Wildman–Crippen MR) is 116 cm³/mol. The molecule has 4 nitrogen and oxygen atoms in total. The average molecular weight is 418 g/mol. The zero-order valence-electron chi connectivity index (χ0n) is 14.5. The van der Waals surface area contributed by atoms with Crippen molar-refractivity contribution in [1.29, 1.82) is 0 Å². The standard InChI is InChI=1S/C20H17Cl2N3OS/c1-13(26)25-17-9-6-15(5-2-14-3-7-16(21)8-4-14)19(10-17)23-11-18-12-24-20(22)27-18/h2-10,12,23H,11H2,1H3,(H,25,26). The number of aromatic nitrogens is 1. The van der Waals surface area contributed by atoms with E-state index in [-0.39, 0.29) is 5.91 Å². The molecule has 2 N–H and O–H groups in total. The molecule has 0 aliphatic rings. The first-order valence-electron chi connectivity index (χ1n) is 8.19. The summed E-state index contributed by atoms with van der Waals surface area (Å²) in [7, 11) is 0. The van der Waals surface area contributed by atoms with E-state index in [0.29, 0.717) is 16.0 Å². The minimum atomic E-state index is -0.111. The Hall–Kier alpha value is -2.34. The fourth-order valence-electron chi connectivity index (χ4n) is 2.44. The van der Waals surface area contributed by atoms with Gasteiger partial charge in [-0.2, -0.15) is 0 Å². The molecule has 0 unspecified atom stereocenters. The van der Waals surface area contributed by atoms with Crippen molar-refractivity contribution in [2.75, 3.05) is 10.6 Å². The van der Waals surface area contributed by atoms with Crippen LogP contribution in [-0.4, -0.2) is 10.9 Å². The third-order valence-corrected chi connectivity index (χ3v) is 5.04. The van der Waals surface area contributed by atoms with Crippen LogP contribution in [0.1, 0.15) is 22.9 Å². The Morgan fingerprint density at radius 3 is 2.59 bits per heavy atom. The summed E-state index contributed by atoms with van der Waals surface area (Å²) in [6.07, 6.45) is 5.78. The molecular formula is C20H17Cl2N3OS. The number of rotatable bonds is 6. The van der Waals surface area contributed by atoms with Gasteiger partial charge in [-0.05, 0) is 35.4 Å². The summed E-state index contributed by atoms with van der Waals surface area (Å²) in [5.74, 6) is -0.111. The number of carbonyl (C=O) groups is 1. The number of hydrogen-bond donors (Lipinski definition) is 2. The maximum atomic E-state index is 11.4. The number of anilines is 2. The number of nitrogens with one attached hydrogen (secondary N) is 2. The van der Waals surface area contributed by atoms with Gasteiger partial charge in [-0.15, -0.1) is 11.3 Å². The van der Waals surface area contributed by atoms with Crippen molar-refractivity contribution in [3.8, 4) is 0 Å². The van der Waals surface area contributed by atoms with Gasteiger partial charge in [0.05, 0.1) is 6.54 Å². The van der Waals surface area contributed by atoms with Crippen molar-refractivity contribution >= 4 is 64.0 Å². The van der Waals surface area contributed by atoms with Crippen LogP contribution in [0.4, 0.5) is 11.4 Å². The molecule has 0 fully saturated rings. The highest BCUT2D eigenvalue weighted by Crippen LogP contribution is 2.26. The molecule has 0 saturated carbocycles. The molecule has 0 saturated heterocycles. The quantitative estimate of drug-likeness (QED) is 0.469. The summed E-state index contributed by atoms with van der Waals surface area (Å²) in [6.45, 7) is 2.08. The Balaban J connectivity index is 1.83. The van der Waals surface area contributed by atoms with Crippen LogP contribution in [0, 0.1) is 0 Å². The summed E-state index contributed by atoms with van der Waals surface area (Å²) in [4.78, 5) is 16.4. The molecule has 2 aromatic carbocycles. The first-order valence-corrected chi connectivity index (χ1v) is 9.76. The molecule has 3 rings (SSSR count). The van der Waals surface area contributed by atoms with Gasteiger partial charge in [0.2, 0.25) is 5.91 Å². The number of carbonyl (C=O) groups excluding carboxylic acids is 1. The lowest BCUT2D eigenvalue weighted by atomic mass is 10.1. The van der Waals surface area contributed by atoms with Crippen LogP contribution in [0.15, 0.2) is 48.7 Å². The van der Waals surface area contributed by atoms with Crippen LogP contribution in [-0.2, 0) is 11.3 Å². The topological polar surface area (TPSA) is 54.0 Å². The molecule has 0 aliphatic carbocycles.